The molecule has 3 nitrogen and oxygen atoms in total. The van der Waals surface area contributed by atoms with E-state index < -0.39 is 11.8 Å². The van der Waals surface area contributed by atoms with Crippen molar-refractivity contribution in [2.45, 2.75) is 6.92 Å². The Hall–Kier alpha value is -1.90. The van der Waals surface area contributed by atoms with Crippen LogP contribution in [0.15, 0.2) is 36.4 Å². The van der Waals surface area contributed by atoms with Gasteiger partial charge in [0.25, 0.3) is 5.91 Å². The molecule has 71 valence electrons. The number of nitrogens with zero attached hydrogens (tertiary/aromatic N) is 1. The van der Waals surface area contributed by atoms with E-state index in [0.717, 1.165) is 5.56 Å². The molecule has 1 rings (SSSR count). The molecule has 0 heterocycles. The van der Waals surface area contributed by atoms with Gasteiger partial charge in [-0.25, -0.2) is 0 Å². The standard InChI is InChI=1S/C11H10NO2/c1-9(13)12-11(14)8-7-10-5-3-2-4-6-10/h2-8H,1H3/b8-7+. The molecule has 1 aromatic carbocycles. The Kier molecular flexibility index (Phi) is 3.61. The Morgan fingerprint density at radius 3 is 2.43 bits per heavy atom. The second kappa shape index (κ2) is 4.97. The lowest BCUT2D eigenvalue weighted by molar-refractivity contribution is -0.127. The van der Waals surface area contributed by atoms with Crippen molar-refractivity contribution in [2.75, 3.05) is 0 Å². The van der Waals surface area contributed by atoms with E-state index in [4.69, 9.17) is 0 Å². The summed E-state index contributed by atoms with van der Waals surface area (Å²) in [5.74, 6) is -1.01. The molecule has 0 aromatic heterocycles. The summed E-state index contributed by atoms with van der Waals surface area (Å²) in [4.78, 5) is 21.4. The van der Waals surface area contributed by atoms with Gasteiger partial charge in [0.1, 0.15) is 0 Å². The van der Waals surface area contributed by atoms with Crippen LogP contribution in [-0.2, 0) is 9.59 Å². The predicted molar refractivity (Wildman–Crippen MR) is 53.3 cm³/mol. The Bertz CT molecular complexity index is 355. The highest BCUT2D eigenvalue weighted by molar-refractivity contribution is 6.01. The lowest BCUT2D eigenvalue weighted by Gasteiger charge is -1.91. The summed E-state index contributed by atoms with van der Waals surface area (Å²) in [5, 5.41) is 3.23. The minimum atomic E-state index is -0.527. The first-order valence-corrected chi connectivity index (χ1v) is 4.18. The zero-order chi connectivity index (χ0) is 10.4. The van der Waals surface area contributed by atoms with Crippen LogP contribution in [0.5, 0.6) is 0 Å². The average molecular weight is 188 g/mol. The van der Waals surface area contributed by atoms with Gasteiger partial charge < -0.3 is 0 Å². The first kappa shape index (κ1) is 10.2. The van der Waals surface area contributed by atoms with Crippen molar-refractivity contribution >= 4 is 17.9 Å². The molecule has 0 aliphatic rings. The third-order valence-corrected chi connectivity index (χ3v) is 1.49. The van der Waals surface area contributed by atoms with Gasteiger partial charge in [-0.05, 0) is 11.6 Å². The van der Waals surface area contributed by atoms with Crippen LogP contribution in [0.2, 0.25) is 0 Å². The number of hydrogen-bond acceptors (Lipinski definition) is 2. The Labute approximate surface area is 82.4 Å². The van der Waals surface area contributed by atoms with Crippen LogP contribution in [0.3, 0.4) is 0 Å². The number of carbonyl (C=O) groups excluding carboxylic acids is 2. The molecule has 2 amide bonds. The van der Waals surface area contributed by atoms with E-state index in [1.54, 1.807) is 6.08 Å². The van der Waals surface area contributed by atoms with Gasteiger partial charge in [0.2, 0.25) is 5.91 Å². The smallest absolute Gasteiger partial charge is 0.272 e. The van der Waals surface area contributed by atoms with Gasteiger partial charge in [-0.2, -0.15) is 5.32 Å². The molecule has 0 saturated heterocycles. The summed E-state index contributed by atoms with van der Waals surface area (Å²) in [6, 6.07) is 9.34. The summed E-state index contributed by atoms with van der Waals surface area (Å²) in [7, 11) is 0. The van der Waals surface area contributed by atoms with Crippen molar-refractivity contribution < 1.29 is 9.59 Å². The van der Waals surface area contributed by atoms with E-state index in [2.05, 4.69) is 5.32 Å². The van der Waals surface area contributed by atoms with Gasteiger partial charge >= 0.3 is 0 Å². The van der Waals surface area contributed by atoms with Crippen molar-refractivity contribution in [1.29, 1.82) is 0 Å². The van der Waals surface area contributed by atoms with Crippen LogP contribution < -0.4 is 5.32 Å². The Balaban J connectivity index is 2.56. The minimum Gasteiger partial charge on any atom is -0.273 e. The van der Waals surface area contributed by atoms with Gasteiger partial charge in [-0.15, -0.1) is 0 Å². The predicted octanol–water partition coefficient (Wildman–Crippen LogP) is 1.38. The zero-order valence-electron chi connectivity index (χ0n) is 7.81. The summed E-state index contributed by atoms with van der Waals surface area (Å²) >= 11 is 0. The Morgan fingerprint density at radius 1 is 1.21 bits per heavy atom. The molecule has 0 N–H and O–H groups in total. The van der Waals surface area contributed by atoms with Crippen LogP contribution in [0.25, 0.3) is 6.08 Å². The van der Waals surface area contributed by atoms with Gasteiger partial charge in [0.15, 0.2) is 0 Å². The molecule has 0 aliphatic carbocycles. The number of amides is 2. The van der Waals surface area contributed by atoms with Gasteiger partial charge in [0.05, 0.1) is 0 Å². The lowest BCUT2D eigenvalue weighted by atomic mass is 10.2. The van der Waals surface area contributed by atoms with E-state index >= 15 is 0 Å². The zero-order valence-corrected chi connectivity index (χ0v) is 7.81. The molecule has 0 fully saturated rings. The maximum absolute atomic E-state index is 11.0. The third-order valence-electron chi connectivity index (χ3n) is 1.49. The first-order chi connectivity index (χ1) is 6.68. The topological polar surface area (TPSA) is 48.2 Å². The van der Waals surface area contributed by atoms with Crippen molar-refractivity contribution in [3.8, 4) is 0 Å². The average Bonchev–Trinajstić information content (AvgIpc) is 2.15. The monoisotopic (exact) mass is 188 g/mol. The van der Waals surface area contributed by atoms with E-state index in [0.29, 0.717) is 0 Å². The van der Waals surface area contributed by atoms with E-state index in [1.807, 2.05) is 30.3 Å². The van der Waals surface area contributed by atoms with Crippen LogP contribution >= 0.6 is 0 Å². The van der Waals surface area contributed by atoms with E-state index in [9.17, 15) is 9.59 Å². The quantitative estimate of drug-likeness (QED) is 0.658. The number of benzene rings is 1. The summed E-state index contributed by atoms with van der Waals surface area (Å²) in [6.45, 7) is 1.24. The van der Waals surface area contributed by atoms with Crippen molar-refractivity contribution in [1.82, 2.24) is 5.32 Å². The fraction of sp³-hybridized carbons (Fsp3) is 0.0909. The van der Waals surface area contributed by atoms with Crippen LogP contribution in [-0.4, -0.2) is 11.8 Å². The molecule has 0 atom stereocenters. The largest absolute Gasteiger partial charge is 0.273 e. The van der Waals surface area contributed by atoms with E-state index in [1.165, 1.54) is 13.0 Å². The Morgan fingerprint density at radius 2 is 1.86 bits per heavy atom. The van der Waals surface area contributed by atoms with E-state index in [-0.39, 0.29) is 0 Å². The van der Waals surface area contributed by atoms with Crippen molar-refractivity contribution in [3.63, 3.8) is 0 Å². The number of carbonyl (C=O) groups is 2. The molecule has 1 aromatic rings. The molecule has 1 radical (unpaired) electrons. The molecule has 3 heteroatoms. The normalized spacial score (nSPS) is 10.1. The van der Waals surface area contributed by atoms with Crippen molar-refractivity contribution in [3.05, 3.63) is 42.0 Å². The highest BCUT2D eigenvalue weighted by Crippen LogP contribution is 2.00. The maximum Gasteiger partial charge on any atom is 0.272 e. The summed E-state index contributed by atoms with van der Waals surface area (Å²) in [6.07, 6.45) is 2.89. The first-order valence-electron chi connectivity index (χ1n) is 4.18. The molecule has 0 spiro atoms. The lowest BCUT2D eigenvalue weighted by Crippen LogP contribution is -2.17. The van der Waals surface area contributed by atoms with Crippen LogP contribution in [0.1, 0.15) is 12.5 Å². The maximum atomic E-state index is 11.0. The third kappa shape index (κ3) is 3.67. The molecule has 0 bridgehead atoms. The highest BCUT2D eigenvalue weighted by atomic mass is 16.2. The number of imide groups is 1. The molecular weight excluding hydrogens is 178 g/mol. The fourth-order valence-corrected chi connectivity index (χ4v) is 0.924. The molecule has 0 unspecified atom stereocenters. The number of hydrogen-bond donors (Lipinski definition) is 0. The van der Waals surface area contributed by atoms with Gasteiger partial charge in [-0.1, -0.05) is 30.3 Å². The fourth-order valence-electron chi connectivity index (χ4n) is 0.924. The van der Waals surface area contributed by atoms with Crippen LogP contribution in [0, 0.1) is 0 Å². The SMILES string of the molecule is CC(=O)[N]C(=O)/C=C/c1ccccc1. The van der Waals surface area contributed by atoms with Crippen LogP contribution in [0.4, 0.5) is 0 Å². The second-order valence-corrected chi connectivity index (χ2v) is 2.71. The van der Waals surface area contributed by atoms with Gasteiger partial charge in [-0.3, -0.25) is 9.59 Å². The molecule has 0 aliphatic heterocycles. The van der Waals surface area contributed by atoms with Crippen molar-refractivity contribution in [2.24, 2.45) is 0 Å². The summed E-state index contributed by atoms with van der Waals surface area (Å²) < 4.78 is 0. The number of rotatable bonds is 2. The summed E-state index contributed by atoms with van der Waals surface area (Å²) in [5.41, 5.74) is 0.902. The molecule has 0 saturated carbocycles. The molecular formula is C11H10NO2. The van der Waals surface area contributed by atoms with Gasteiger partial charge in [0, 0.05) is 13.0 Å². The second-order valence-electron chi connectivity index (χ2n) is 2.71. The molecule has 14 heavy (non-hydrogen) atoms. The highest BCUT2D eigenvalue weighted by Gasteiger charge is 1.99. The minimum absolute atomic E-state index is 0.479.